The Hall–Kier alpha value is -1.32. The van der Waals surface area contributed by atoms with E-state index < -0.39 is 5.97 Å². The van der Waals surface area contributed by atoms with Crippen LogP contribution >= 0.6 is 0 Å². The number of carboxylic acid groups (broad SMARTS) is 1. The molecule has 2 atom stereocenters. The molecule has 0 spiro atoms. The fourth-order valence-corrected chi connectivity index (χ4v) is 2.16. The second-order valence-corrected chi connectivity index (χ2v) is 3.58. The Morgan fingerprint density at radius 2 is 2.50 bits per heavy atom. The number of hydrogen-bond donors (Lipinski definition) is 2. The number of rotatable bonds is 1. The van der Waals surface area contributed by atoms with Gasteiger partial charge < -0.3 is 5.11 Å². The highest BCUT2D eigenvalue weighted by atomic mass is 16.4. The van der Waals surface area contributed by atoms with Gasteiger partial charge in [0.15, 0.2) is 5.69 Å². The monoisotopic (exact) mass is 164 g/mol. The van der Waals surface area contributed by atoms with Crippen molar-refractivity contribution in [2.75, 3.05) is 0 Å². The highest BCUT2D eigenvalue weighted by Gasteiger charge is 2.48. The fourth-order valence-electron chi connectivity index (χ4n) is 2.16. The average molecular weight is 164 g/mol. The molecule has 62 valence electrons. The fraction of sp³-hybridized carbons (Fsp3) is 0.500. The summed E-state index contributed by atoms with van der Waals surface area (Å²) in [6, 6.07) is 0. The molecule has 0 saturated heterocycles. The second kappa shape index (κ2) is 1.71. The molecule has 2 aliphatic rings. The number of carboxylic acids is 1. The van der Waals surface area contributed by atoms with Crippen molar-refractivity contribution in [1.82, 2.24) is 10.2 Å². The highest BCUT2D eigenvalue weighted by molar-refractivity contribution is 5.87. The Balaban J connectivity index is 2.14. The smallest absolute Gasteiger partial charge is 0.356 e. The highest BCUT2D eigenvalue weighted by Crippen LogP contribution is 2.55. The summed E-state index contributed by atoms with van der Waals surface area (Å²) in [5.74, 6) is 0.404. The van der Waals surface area contributed by atoms with Gasteiger partial charge in [-0.1, -0.05) is 0 Å². The largest absolute Gasteiger partial charge is 0.476 e. The number of hydrogen-bond acceptors (Lipinski definition) is 2. The van der Waals surface area contributed by atoms with E-state index >= 15 is 0 Å². The van der Waals surface area contributed by atoms with Crippen LogP contribution in [0.2, 0.25) is 0 Å². The zero-order valence-electron chi connectivity index (χ0n) is 6.37. The maximum Gasteiger partial charge on any atom is 0.356 e. The van der Waals surface area contributed by atoms with Gasteiger partial charge in [0.05, 0.1) is 0 Å². The molecule has 2 aliphatic carbocycles. The predicted octanol–water partition coefficient (Wildman–Crippen LogP) is 0.767. The molecule has 1 aromatic rings. The first-order chi connectivity index (χ1) is 5.77. The maximum atomic E-state index is 10.7. The summed E-state index contributed by atoms with van der Waals surface area (Å²) in [5, 5.41) is 15.4. The molecule has 0 aliphatic heterocycles. The molecule has 0 bridgehead atoms. The number of aromatic nitrogens is 2. The number of nitrogens with zero attached hydrogens (tertiary/aromatic N) is 1. The van der Waals surface area contributed by atoms with Crippen LogP contribution in [0.5, 0.6) is 0 Å². The van der Waals surface area contributed by atoms with Crippen LogP contribution in [0.3, 0.4) is 0 Å². The van der Waals surface area contributed by atoms with Crippen molar-refractivity contribution in [3.05, 3.63) is 17.0 Å². The van der Waals surface area contributed by atoms with E-state index in [0.29, 0.717) is 11.8 Å². The molecule has 1 heterocycles. The molecule has 0 amide bonds. The third kappa shape index (κ3) is 0.581. The molecule has 1 aromatic heterocycles. The molecule has 0 radical (unpaired) electrons. The standard InChI is InChI=1S/C8H8N2O2/c11-8(12)7-5-2-3-1-4(3)6(5)9-10-7/h3-4H,1-2H2,(H,9,10)(H,11,12)/t3-,4?/m1/s1. The summed E-state index contributed by atoms with van der Waals surface area (Å²) in [5.41, 5.74) is 2.26. The van der Waals surface area contributed by atoms with Gasteiger partial charge in [-0.25, -0.2) is 4.79 Å². The lowest BCUT2D eigenvalue weighted by molar-refractivity contribution is 0.0689. The summed E-state index contributed by atoms with van der Waals surface area (Å²) in [6.45, 7) is 0. The predicted molar refractivity (Wildman–Crippen MR) is 40.1 cm³/mol. The molecule has 4 heteroatoms. The molecular formula is C8H8N2O2. The summed E-state index contributed by atoms with van der Waals surface area (Å²) in [6.07, 6.45) is 2.13. The van der Waals surface area contributed by atoms with Gasteiger partial charge in [-0.15, -0.1) is 0 Å². The zero-order valence-corrected chi connectivity index (χ0v) is 6.37. The third-order valence-electron chi connectivity index (χ3n) is 2.86. The first-order valence-electron chi connectivity index (χ1n) is 4.08. The first kappa shape index (κ1) is 6.22. The Morgan fingerprint density at radius 3 is 3.25 bits per heavy atom. The quantitative estimate of drug-likeness (QED) is 0.644. The summed E-state index contributed by atoms with van der Waals surface area (Å²) in [7, 11) is 0. The molecule has 1 saturated carbocycles. The van der Waals surface area contributed by atoms with Crippen molar-refractivity contribution < 1.29 is 9.90 Å². The molecular weight excluding hydrogens is 156 g/mol. The van der Waals surface area contributed by atoms with Crippen molar-refractivity contribution in [2.24, 2.45) is 5.92 Å². The Labute approximate surface area is 68.6 Å². The lowest BCUT2D eigenvalue weighted by Gasteiger charge is -1.92. The Morgan fingerprint density at radius 1 is 1.67 bits per heavy atom. The molecule has 1 fully saturated rings. The van der Waals surface area contributed by atoms with Crippen LogP contribution in [0.4, 0.5) is 0 Å². The Kier molecular flexibility index (Phi) is 0.885. The van der Waals surface area contributed by atoms with E-state index in [1.807, 2.05) is 0 Å². The van der Waals surface area contributed by atoms with E-state index in [9.17, 15) is 4.79 Å². The number of fused-ring (bicyclic) bond motifs is 3. The van der Waals surface area contributed by atoms with Crippen molar-refractivity contribution in [2.45, 2.75) is 18.8 Å². The van der Waals surface area contributed by atoms with Crippen LogP contribution in [0.1, 0.15) is 34.1 Å². The van der Waals surface area contributed by atoms with Gasteiger partial charge in [-0.2, -0.15) is 5.10 Å². The molecule has 4 nitrogen and oxygen atoms in total. The van der Waals surface area contributed by atoms with Gasteiger partial charge >= 0.3 is 5.97 Å². The zero-order chi connectivity index (χ0) is 8.29. The van der Waals surface area contributed by atoms with Gasteiger partial charge in [0.2, 0.25) is 0 Å². The molecule has 1 unspecified atom stereocenters. The number of nitrogens with one attached hydrogen (secondary N) is 1. The normalized spacial score (nSPS) is 29.7. The summed E-state index contributed by atoms with van der Waals surface area (Å²) in [4.78, 5) is 10.7. The van der Waals surface area contributed by atoms with Crippen LogP contribution in [0.15, 0.2) is 0 Å². The van der Waals surface area contributed by atoms with Crippen LogP contribution in [-0.4, -0.2) is 21.3 Å². The summed E-state index contributed by atoms with van der Waals surface area (Å²) < 4.78 is 0. The second-order valence-electron chi connectivity index (χ2n) is 3.58. The van der Waals surface area contributed by atoms with Crippen LogP contribution in [0, 0.1) is 5.92 Å². The van der Waals surface area contributed by atoms with Crippen molar-refractivity contribution in [3.8, 4) is 0 Å². The SMILES string of the molecule is O=C(O)c1n[nH]c2c1C[C@H]1CC21. The minimum atomic E-state index is -0.909. The minimum Gasteiger partial charge on any atom is -0.476 e. The molecule has 0 aromatic carbocycles. The van der Waals surface area contributed by atoms with Gasteiger partial charge in [-0.3, -0.25) is 5.10 Å². The summed E-state index contributed by atoms with van der Waals surface area (Å²) >= 11 is 0. The van der Waals surface area contributed by atoms with E-state index in [1.54, 1.807) is 0 Å². The van der Waals surface area contributed by atoms with E-state index in [2.05, 4.69) is 10.2 Å². The van der Waals surface area contributed by atoms with Crippen molar-refractivity contribution in [1.29, 1.82) is 0 Å². The third-order valence-corrected chi connectivity index (χ3v) is 2.86. The topological polar surface area (TPSA) is 66.0 Å². The molecule has 3 rings (SSSR count). The average Bonchev–Trinajstić information content (AvgIpc) is 2.54. The number of aromatic carboxylic acids is 1. The van der Waals surface area contributed by atoms with Crippen molar-refractivity contribution in [3.63, 3.8) is 0 Å². The van der Waals surface area contributed by atoms with E-state index in [4.69, 9.17) is 5.11 Å². The van der Waals surface area contributed by atoms with Crippen LogP contribution in [0.25, 0.3) is 0 Å². The van der Waals surface area contributed by atoms with Gasteiger partial charge in [0.1, 0.15) is 0 Å². The number of H-pyrrole nitrogens is 1. The Bertz CT molecular complexity index is 369. The van der Waals surface area contributed by atoms with E-state index in [0.717, 1.165) is 17.7 Å². The lowest BCUT2D eigenvalue weighted by atomic mass is 10.1. The number of aromatic amines is 1. The van der Waals surface area contributed by atoms with Gasteiger partial charge in [-0.05, 0) is 18.8 Å². The lowest BCUT2D eigenvalue weighted by Crippen LogP contribution is -2.01. The maximum absolute atomic E-state index is 10.7. The van der Waals surface area contributed by atoms with E-state index in [-0.39, 0.29) is 5.69 Å². The minimum absolute atomic E-state index is 0.234. The molecule has 2 N–H and O–H groups in total. The van der Waals surface area contributed by atoms with Gasteiger partial charge in [0, 0.05) is 17.2 Å². The number of carbonyl (C=O) groups is 1. The van der Waals surface area contributed by atoms with Crippen molar-refractivity contribution >= 4 is 5.97 Å². The van der Waals surface area contributed by atoms with Gasteiger partial charge in [0.25, 0.3) is 0 Å². The van der Waals surface area contributed by atoms with Crippen LogP contribution < -0.4 is 0 Å². The molecule has 12 heavy (non-hydrogen) atoms. The van der Waals surface area contributed by atoms with Crippen LogP contribution in [-0.2, 0) is 6.42 Å². The first-order valence-corrected chi connectivity index (χ1v) is 4.08. The van der Waals surface area contributed by atoms with E-state index in [1.165, 1.54) is 6.42 Å².